The Morgan fingerprint density at radius 3 is 3.21 bits per heavy atom. The Hall–Kier alpha value is -2.67. The van der Waals surface area contributed by atoms with Crippen LogP contribution in [0.1, 0.15) is 28.8 Å². The normalized spacial score (nSPS) is 31.4. The van der Waals surface area contributed by atoms with Gasteiger partial charge in [0, 0.05) is 55.8 Å². The third kappa shape index (κ3) is 2.71. The van der Waals surface area contributed by atoms with E-state index in [1.54, 1.807) is 12.4 Å². The van der Waals surface area contributed by atoms with E-state index < -0.39 is 0 Å². The first-order chi connectivity index (χ1) is 14.2. The van der Waals surface area contributed by atoms with Crippen LogP contribution in [0.5, 0.6) is 5.75 Å². The minimum Gasteiger partial charge on any atom is -0.493 e. The van der Waals surface area contributed by atoms with Gasteiger partial charge >= 0.3 is 0 Å². The highest BCUT2D eigenvalue weighted by molar-refractivity contribution is 5.94. The molecule has 29 heavy (non-hydrogen) atoms. The number of carbonyl (C=O) groups excluding carboxylic acids is 1. The maximum atomic E-state index is 12.8. The maximum absolute atomic E-state index is 12.8. The molecule has 0 unspecified atom stereocenters. The number of nitrogens with zero attached hydrogens (tertiary/aromatic N) is 3. The molecule has 0 radical (unpaired) electrons. The average Bonchev–Trinajstić information content (AvgIpc) is 3.51. The van der Waals surface area contributed by atoms with E-state index in [9.17, 15) is 4.79 Å². The van der Waals surface area contributed by atoms with Crippen LogP contribution in [0.25, 0.3) is 0 Å². The first kappa shape index (κ1) is 17.2. The van der Waals surface area contributed by atoms with Gasteiger partial charge in [0.25, 0.3) is 5.91 Å². The van der Waals surface area contributed by atoms with Gasteiger partial charge in [0.05, 0.1) is 24.5 Å². The Kier molecular flexibility index (Phi) is 3.81. The van der Waals surface area contributed by atoms with Crippen molar-refractivity contribution in [2.45, 2.75) is 31.0 Å². The third-order valence-corrected chi connectivity index (χ3v) is 7.11. The van der Waals surface area contributed by atoms with E-state index in [-0.39, 0.29) is 17.6 Å². The summed E-state index contributed by atoms with van der Waals surface area (Å²) < 4.78 is 12.0. The lowest BCUT2D eigenvalue weighted by Gasteiger charge is -2.29. The summed E-state index contributed by atoms with van der Waals surface area (Å²) in [5.74, 6) is 2.55. The molecular weight excluding hydrogens is 368 g/mol. The molecule has 7 nitrogen and oxygen atoms in total. The number of aromatic nitrogens is 2. The zero-order valence-corrected chi connectivity index (χ0v) is 16.2. The van der Waals surface area contributed by atoms with Crippen LogP contribution in [0.4, 0.5) is 5.82 Å². The number of hydrogen-bond donors (Lipinski definition) is 1. The minimum absolute atomic E-state index is 0.0136. The van der Waals surface area contributed by atoms with Gasteiger partial charge in [0.15, 0.2) is 0 Å². The molecule has 150 valence electrons. The Morgan fingerprint density at radius 1 is 1.34 bits per heavy atom. The lowest BCUT2D eigenvalue weighted by atomic mass is 9.73. The van der Waals surface area contributed by atoms with Gasteiger partial charge in [0.1, 0.15) is 11.6 Å². The summed E-state index contributed by atoms with van der Waals surface area (Å²) in [5.41, 5.74) is 1.73. The fraction of sp³-hybridized carbons (Fsp3) is 0.500. The van der Waals surface area contributed by atoms with Gasteiger partial charge in [-0.2, -0.15) is 0 Å². The fourth-order valence-corrected chi connectivity index (χ4v) is 5.73. The van der Waals surface area contributed by atoms with Crippen molar-refractivity contribution >= 4 is 11.7 Å². The number of amides is 1. The average molecular weight is 392 g/mol. The van der Waals surface area contributed by atoms with Crippen molar-refractivity contribution in [1.82, 2.24) is 15.3 Å². The van der Waals surface area contributed by atoms with E-state index >= 15 is 0 Å². The van der Waals surface area contributed by atoms with Crippen LogP contribution in [0, 0.1) is 11.8 Å². The summed E-state index contributed by atoms with van der Waals surface area (Å²) in [7, 11) is 0. The summed E-state index contributed by atoms with van der Waals surface area (Å²) in [5, 5.41) is 3.17. The molecule has 1 aromatic heterocycles. The van der Waals surface area contributed by atoms with Crippen molar-refractivity contribution in [3.63, 3.8) is 0 Å². The van der Waals surface area contributed by atoms with E-state index in [1.807, 2.05) is 24.4 Å². The highest BCUT2D eigenvalue weighted by Gasteiger charge is 2.63. The fourth-order valence-electron chi connectivity index (χ4n) is 5.73. The molecule has 0 aliphatic carbocycles. The predicted octanol–water partition coefficient (Wildman–Crippen LogP) is 1.83. The summed E-state index contributed by atoms with van der Waals surface area (Å²) in [6.07, 6.45) is 8.53. The van der Waals surface area contributed by atoms with Crippen molar-refractivity contribution < 1.29 is 14.3 Å². The molecule has 1 N–H and O–H groups in total. The monoisotopic (exact) mass is 392 g/mol. The second-order valence-corrected chi connectivity index (χ2v) is 8.61. The molecule has 3 fully saturated rings. The highest BCUT2D eigenvalue weighted by Crippen LogP contribution is 2.55. The number of hydrogen-bond acceptors (Lipinski definition) is 6. The van der Waals surface area contributed by atoms with Crippen LogP contribution < -0.4 is 15.0 Å². The second kappa shape index (κ2) is 6.42. The summed E-state index contributed by atoms with van der Waals surface area (Å²) in [4.78, 5) is 23.7. The van der Waals surface area contributed by atoms with Crippen molar-refractivity contribution in [2.24, 2.45) is 11.8 Å². The number of fused-ring (bicyclic) bond motifs is 2. The topological polar surface area (TPSA) is 76.6 Å². The van der Waals surface area contributed by atoms with Gasteiger partial charge in [-0.3, -0.25) is 9.78 Å². The number of nitrogens with one attached hydrogen (secondary N) is 1. The van der Waals surface area contributed by atoms with Gasteiger partial charge < -0.3 is 19.7 Å². The van der Waals surface area contributed by atoms with Crippen LogP contribution in [-0.4, -0.2) is 53.8 Å². The lowest BCUT2D eigenvalue weighted by molar-refractivity contribution is 0.0141. The number of anilines is 1. The molecule has 7 heteroatoms. The number of ether oxygens (including phenoxy) is 2. The predicted molar refractivity (Wildman–Crippen MR) is 106 cm³/mol. The summed E-state index contributed by atoms with van der Waals surface area (Å²) in [6, 6.07) is 5.72. The lowest BCUT2D eigenvalue weighted by Crippen LogP contribution is -2.41. The number of rotatable bonds is 4. The van der Waals surface area contributed by atoms with E-state index in [4.69, 9.17) is 9.47 Å². The standard InChI is InChI=1S/C22H24N4O3/c27-21(15-1-2-18-14(9-15)4-8-28-18)25-10-16-17-12-26(20-11-23-6-7-24-20)13-22(17)5-3-19(16)29-22/h1-2,6-7,9,11,16-17,19H,3-5,8,10,12-13H2,(H,25,27)/t16-,17+,19+,22+/m0/s1. The SMILES string of the molecule is O=C(NC[C@H]1[C@H]2CN(c3cnccn3)C[C@]23CC[C@H]1O3)c1ccc2c(c1)CCO2. The quantitative estimate of drug-likeness (QED) is 0.856. The van der Waals surface area contributed by atoms with Gasteiger partial charge in [-0.1, -0.05) is 0 Å². The maximum Gasteiger partial charge on any atom is 0.251 e. The Bertz CT molecular complexity index is 952. The molecule has 4 aliphatic heterocycles. The largest absolute Gasteiger partial charge is 0.493 e. The first-order valence-electron chi connectivity index (χ1n) is 10.4. The Balaban J connectivity index is 1.16. The molecule has 2 bridgehead atoms. The Labute approximate surface area is 169 Å². The third-order valence-electron chi connectivity index (χ3n) is 7.11. The number of carbonyl (C=O) groups is 1. The zero-order chi connectivity index (χ0) is 19.4. The van der Waals surface area contributed by atoms with E-state index in [1.165, 1.54) is 0 Å². The van der Waals surface area contributed by atoms with Crippen LogP contribution >= 0.6 is 0 Å². The smallest absolute Gasteiger partial charge is 0.251 e. The van der Waals surface area contributed by atoms with Crippen molar-refractivity contribution in [1.29, 1.82) is 0 Å². The molecule has 1 amide bonds. The molecule has 3 saturated heterocycles. The summed E-state index contributed by atoms with van der Waals surface area (Å²) in [6.45, 7) is 3.12. The van der Waals surface area contributed by atoms with E-state index in [2.05, 4.69) is 20.2 Å². The van der Waals surface area contributed by atoms with Gasteiger partial charge in [-0.05, 0) is 36.6 Å². The first-order valence-corrected chi connectivity index (χ1v) is 10.4. The molecule has 1 spiro atoms. The van der Waals surface area contributed by atoms with Crippen LogP contribution in [0.3, 0.4) is 0 Å². The molecule has 4 aliphatic rings. The van der Waals surface area contributed by atoms with Crippen molar-refractivity contribution in [2.75, 3.05) is 31.1 Å². The van der Waals surface area contributed by atoms with Gasteiger partial charge in [-0.25, -0.2) is 4.98 Å². The van der Waals surface area contributed by atoms with Crippen molar-refractivity contribution in [3.05, 3.63) is 47.9 Å². The molecule has 6 rings (SSSR count). The summed E-state index contributed by atoms with van der Waals surface area (Å²) >= 11 is 0. The second-order valence-electron chi connectivity index (χ2n) is 8.61. The van der Waals surface area contributed by atoms with Crippen LogP contribution in [0.2, 0.25) is 0 Å². The van der Waals surface area contributed by atoms with E-state index in [0.717, 1.165) is 49.5 Å². The minimum atomic E-state index is -0.0948. The van der Waals surface area contributed by atoms with Gasteiger partial charge in [0.2, 0.25) is 0 Å². The highest BCUT2D eigenvalue weighted by atomic mass is 16.5. The molecule has 4 atom stereocenters. The van der Waals surface area contributed by atoms with Crippen molar-refractivity contribution in [3.8, 4) is 5.75 Å². The molecule has 0 saturated carbocycles. The van der Waals surface area contributed by atoms with Crippen LogP contribution in [0.15, 0.2) is 36.8 Å². The molecular formula is C22H24N4O3. The molecule has 5 heterocycles. The number of benzene rings is 1. The molecule has 2 aromatic rings. The van der Waals surface area contributed by atoms with Gasteiger partial charge in [-0.15, -0.1) is 0 Å². The molecule has 1 aromatic carbocycles. The zero-order valence-electron chi connectivity index (χ0n) is 16.2. The van der Waals surface area contributed by atoms with Crippen LogP contribution in [-0.2, 0) is 11.2 Å². The van der Waals surface area contributed by atoms with E-state index in [0.29, 0.717) is 30.6 Å². The Morgan fingerprint density at radius 2 is 2.31 bits per heavy atom.